The number of likely N-dealkylation sites (tertiary alicyclic amines) is 1. The molecule has 2 aliphatic rings. The molecule has 1 saturated heterocycles. The summed E-state index contributed by atoms with van der Waals surface area (Å²) < 4.78 is 27.0. The number of nitrogens with zero attached hydrogens (tertiary/aromatic N) is 3. The number of hydrogen-bond acceptors (Lipinski definition) is 5. The van der Waals surface area contributed by atoms with Crippen molar-refractivity contribution in [3.05, 3.63) is 54.3 Å². The van der Waals surface area contributed by atoms with Crippen LogP contribution in [0.4, 0.5) is 4.39 Å². The lowest BCUT2D eigenvalue weighted by Crippen LogP contribution is -2.42. The highest BCUT2D eigenvalue weighted by atomic mass is 19.1. The number of rotatable bonds is 6. The second kappa shape index (κ2) is 10.1. The zero-order chi connectivity index (χ0) is 24.4. The number of hydrogen-bond donors (Lipinski definition) is 0. The van der Waals surface area contributed by atoms with E-state index in [9.17, 15) is 14.0 Å². The van der Waals surface area contributed by atoms with Gasteiger partial charge in [0, 0.05) is 24.7 Å². The van der Waals surface area contributed by atoms with Crippen molar-refractivity contribution in [1.29, 1.82) is 0 Å². The minimum atomic E-state index is -0.309. The molecule has 3 aromatic rings. The Balaban J connectivity index is 1.44. The maximum absolute atomic E-state index is 13.6. The van der Waals surface area contributed by atoms with Crippen LogP contribution in [0.2, 0.25) is 0 Å². The summed E-state index contributed by atoms with van der Waals surface area (Å²) in [4.78, 5) is 31.8. The van der Waals surface area contributed by atoms with Crippen molar-refractivity contribution < 1.29 is 23.1 Å². The van der Waals surface area contributed by atoms with Crippen LogP contribution in [-0.2, 0) is 9.53 Å². The van der Waals surface area contributed by atoms with E-state index < -0.39 is 0 Å². The van der Waals surface area contributed by atoms with Crippen LogP contribution in [0, 0.1) is 11.7 Å². The molecule has 0 N–H and O–H groups in total. The van der Waals surface area contributed by atoms with Crippen LogP contribution in [-0.4, -0.2) is 46.0 Å². The van der Waals surface area contributed by atoms with Crippen LogP contribution < -0.4 is 0 Å². The fraction of sp³-hybridized carbons (Fsp3) is 0.444. The molecule has 0 spiro atoms. The summed E-state index contributed by atoms with van der Waals surface area (Å²) in [6, 6.07) is 10.0. The van der Waals surface area contributed by atoms with Crippen LogP contribution in [0.15, 0.2) is 47.1 Å². The monoisotopic (exact) mass is 479 g/mol. The highest BCUT2D eigenvalue weighted by Crippen LogP contribution is 2.39. The second-order valence-electron chi connectivity index (χ2n) is 9.30. The summed E-state index contributed by atoms with van der Waals surface area (Å²) in [7, 11) is 0. The van der Waals surface area contributed by atoms with Crippen molar-refractivity contribution in [2.75, 3.05) is 19.7 Å². The molecule has 1 aliphatic carbocycles. The van der Waals surface area contributed by atoms with Crippen molar-refractivity contribution >= 4 is 11.9 Å². The fourth-order valence-electron chi connectivity index (χ4n) is 5.23. The van der Waals surface area contributed by atoms with Crippen molar-refractivity contribution in [1.82, 2.24) is 14.5 Å². The smallest absolute Gasteiger partial charge is 0.310 e. The molecule has 184 valence electrons. The average molecular weight is 480 g/mol. The van der Waals surface area contributed by atoms with E-state index >= 15 is 0 Å². The Kier molecular flexibility index (Phi) is 6.70. The molecule has 1 saturated carbocycles. The highest BCUT2D eigenvalue weighted by molar-refractivity contribution is 5.93. The molecule has 1 atom stereocenters. The minimum Gasteiger partial charge on any atom is -0.466 e. The molecule has 0 radical (unpaired) electrons. The van der Waals surface area contributed by atoms with Gasteiger partial charge in [-0.05, 0) is 69.0 Å². The predicted molar refractivity (Wildman–Crippen MR) is 128 cm³/mol. The van der Waals surface area contributed by atoms with Gasteiger partial charge in [0.25, 0.3) is 5.91 Å². The third kappa shape index (κ3) is 4.74. The van der Waals surface area contributed by atoms with E-state index in [1.54, 1.807) is 36.1 Å². The van der Waals surface area contributed by atoms with Gasteiger partial charge in [-0.15, -0.1) is 0 Å². The number of benzene rings is 1. The largest absolute Gasteiger partial charge is 0.466 e. The molecule has 7 nitrogen and oxygen atoms in total. The Hall–Kier alpha value is -3.42. The zero-order valence-electron chi connectivity index (χ0n) is 19.9. The molecule has 2 fully saturated rings. The number of carbonyl (C=O) groups excluding carboxylic acids is 2. The summed E-state index contributed by atoms with van der Waals surface area (Å²) in [5.41, 5.74) is 2.28. The molecular weight excluding hydrogens is 449 g/mol. The molecule has 2 aromatic heterocycles. The summed E-state index contributed by atoms with van der Waals surface area (Å²) >= 11 is 0. The molecule has 5 rings (SSSR count). The number of esters is 1. The van der Waals surface area contributed by atoms with Gasteiger partial charge >= 0.3 is 5.97 Å². The molecule has 1 aromatic carbocycles. The van der Waals surface area contributed by atoms with Crippen LogP contribution >= 0.6 is 0 Å². The van der Waals surface area contributed by atoms with Crippen molar-refractivity contribution in [2.24, 2.45) is 5.92 Å². The molecular formula is C27H30FN3O4. The van der Waals surface area contributed by atoms with E-state index in [1.165, 1.54) is 12.1 Å². The lowest BCUT2D eigenvalue weighted by molar-refractivity contribution is -0.149. The number of ether oxygens (including phenoxy) is 1. The van der Waals surface area contributed by atoms with Crippen LogP contribution in [0.1, 0.15) is 62.0 Å². The highest BCUT2D eigenvalue weighted by Gasteiger charge is 2.32. The quantitative estimate of drug-likeness (QED) is 0.438. The molecule has 1 aliphatic heterocycles. The predicted octanol–water partition coefficient (Wildman–Crippen LogP) is 5.48. The van der Waals surface area contributed by atoms with Gasteiger partial charge in [-0.1, -0.05) is 12.8 Å². The van der Waals surface area contributed by atoms with Crippen LogP contribution in [0.3, 0.4) is 0 Å². The lowest BCUT2D eigenvalue weighted by atomic mass is 9.98. The van der Waals surface area contributed by atoms with Crippen LogP contribution in [0.5, 0.6) is 0 Å². The van der Waals surface area contributed by atoms with Crippen molar-refractivity contribution in [3.8, 4) is 22.7 Å². The first-order chi connectivity index (χ1) is 17.0. The Morgan fingerprint density at radius 3 is 2.60 bits per heavy atom. The molecule has 35 heavy (non-hydrogen) atoms. The Bertz CT molecular complexity index is 1190. The molecule has 0 bridgehead atoms. The van der Waals surface area contributed by atoms with Crippen molar-refractivity contribution in [2.45, 2.75) is 51.5 Å². The Morgan fingerprint density at radius 2 is 1.86 bits per heavy atom. The maximum atomic E-state index is 13.6. The SMILES string of the molecule is CCOC(=O)[C@@H]1CCCN(C(=O)c2ccc(-c3c(-c4ccc(F)cc4)ncn3C3CCCC3)o2)C1. The average Bonchev–Trinajstić information content (AvgIpc) is 3.64. The van der Waals surface area contributed by atoms with E-state index in [1.807, 2.05) is 6.33 Å². The Labute approximate surface area is 203 Å². The van der Waals surface area contributed by atoms with Gasteiger partial charge in [0.15, 0.2) is 11.5 Å². The van der Waals surface area contributed by atoms with Gasteiger partial charge in [0.2, 0.25) is 0 Å². The van der Waals surface area contributed by atoms with Crippen LogP contribution in [0.25, 0.3) is 22.7 Å². The van der Waals surface area contributed by atoms with E-state index in [-0.39, 0.29) is 29.4 Å². The first-order valence-corrected chi connectivity index (χ1v) is 12.4. The maximum Gasteiger partial charge on any atom is 0.310 e. The van der Waals surface area contributed by atoms with E-state index in [0.717, 1.165) is 43.4 Å². The third-order valence-electron chi connectivity index (χ3n) is 7.01. The number of imidazole rings is 1. The van der Waals surface area contributed by atoms with Crippen molar-refractivity contribution in [3.63, 3.8) is 0 Å². The summed E-state index contributed by atoms with van der Waals surface area (Å²) in [5.74, 6) is -0.324. The molecule has 3 heterocycles. The topological polar surface area (TPSA) is 77.6 Å². The van der Waals surface area contributed by atoms with Gasteiger partial charge in [0.1, 0.15) is 11.5 Å². The lowest BCUT2D eigenvalue weighted by Gasteiger charge is -2.30. The first-order valence-electron chi connectivity index (χ1n) is 12.4. The van der Waals surface area contributed by atoms with E-state index in [0.29, 0.717) is 43.6 Å². The summed E-state index contributed by atoms with van der Waals surface area (Å²) in [5, 5.41) is 0. The summed E-state index contributed by atoms with van der Waals surface area (Å²) in [6.45, 7) is 3.01. The van der Waals surface area contributed by atoms with Gasteiger partial charge in [0.05, 0.1) is 24.5 Å². The third-order valence-corrected chi connectivity index (χ3v) is 7.01. The number of furan rings is 1. The summed E-state index contributed by atoms with van der Waals surface area (Å²) in [6.07, 6.45) is 7.71. The minimum absolute atomic E-state index is 0.230. The zero-order valence-corrected chi connectivity index (χ0v) is 19.9. The second-order valence-corrected chi connectivity index (χ2v) is 9.30. The van der Waals surface area contributed by atoms with Gasteiger partial charge < -0.3 is 18.6 Å². The number of piperidine rings is 1. The van der Waals surface area contributed by atoms with E-state index in [2.05, 4.69) is 9.55 Å². The fourth-order valence-corrected chi connectivity index (χ4v) is 5.23. The first kappa shape index (κ1) is 23.3. The molecule has 1 amide bonds. The van der Waals surface area contributed by atoms with Gasteiger partial charge in [-0.25, -0.2) is 9.37 Å². The van der Waals surface area contributed by atoms with Gasteiger partial charge in [-0.3, -0.25) is 9.59 Å². The number of halogens is 1. The van der Waals surface area contributed by atoms with E-state index in [4.69, 9.17) is 9.15 Å². The normalized spacial score (nSPS) is 18.7. The number of amides is 1. The number of carbonyl (C=O) groups is 2. The standard InChI is InChI=1S/C27H30FN3O4/c1-2-34-27(33)19-6-5-15-30(16-19)26(32)23-14-13-22(35-23)25-24(18-9-11-20(28)12-10-18)29-17-31(25)21-7-3-4-8-21/h9-14,17,19,21H,2-8,15-16H2,1H3/t19-/m1/s1. The molecule has 8 heteroatoms. The van der Waals surface area contributed by atoms with Gasteiger partial charge in [-0.2, -0.15) is 0 Å². The number of aromatic nitrogens is 2. The Morgan fingerprint density at radius 1 is 1.09 bits per heavy atom. The molecule has 0 unspecified atom stereocenters.